The summed E-state index contributed by atoms with van der Waals surface area (Å²) < 4.78 is 16.7. The Bertz CT molecular complexity index is 1370. The predicted molar refractivity (Wildman–Crippen MR) is 269 cm³/mol. The van der Waals surface area contributed by atoms with Crippen molar-refractivity contribution in [2.24, 2.45) is 0 Å². The van der Waals surface area contributed by atoms with Crippen molar-refractivity contribution in [3.05, 3.63) is 122 Å². The van der Waals surface area contributed by atoms with Crippen molar-refractivity contribution in [2.45, 2.75) is 207 Å². The molecule has 6 nitrogen and oxygen atoms in total. The Morgan fingerprint density at radius 1 is 0.333 bits per heavy atom. The van der Waals surface area contributed by atoms with Crippen molar-refractivity contribution in [1.29, 1.82) is 0 Å². The molecule has 0 radical (unpaired) electrons. The van der Waals surface area contributed by atoms with Gasteiger partial charge < -0.3 is 14.2 Å². The highest BCUT2D eigenvalue weighted by atomic mass is 16.6. The van der Waals surface area contributed by atoms with Gasteiger partial charge in [-0.1, -0.05) is 194 Å². The molecule has 63 heavy (non-hydrogen) atoms. The Morgan fingerprint density at radius 3 is 1.08 bits per heavy atom. The molecule has 0 spiro atoms. The Labute approximate surface area is 386 Å². The molecule has 0 aliphatic carbocycles. The van der Waals surface area contributed by atoms with E-state index in [9.17, 15) is 14.4 Å². The predicted octanol–water partition coefficient (Wildman–Crippen LogP) is 16.5. The number of carbonyl (C=O) groups is 3. The molecule has 0 amide bonds. The van der Waals surface area contributed by atoms with E-state index in [2.05, 4.69) is 130 Å². The molecule has 0 N–H and O–H groups in total. The number of ether oxygens (including phenoxy) is 3. The van der Waals surface area contributed by atoms with E-state index in [4.69, 9.17) is 14.2 Å². The van der Waals surface area contributed by atoms with Crippen LogP contribution in [0.2, 0.25) is 0 Å². The molecule has 0 aliphatic rings. The lowest BCUT2D eigenvalue weighted by molar-refractivity contribution is -0.166. The highest BCUT2D eigenvalue weighted by molar-refractivity contribution is 5.71. The Kier molecular flexibility index (Phi) is 47.1. The summed E-state index contributed by atoms with van der Waals surface area (Å²) in [6, 6.07) is 0. The van der Waals surface area contributed by atoms with E-state index >= 15 is 0 Å². The summed E-state index contributed by atoms with van der Waals surface area (Å²) in [4.78, 5) is 37.9. The van der Waals surface area contributed by atoms with Crippen molar-refractivity contribution in [3.8, 4) is 0 Å². The summed E-state index contributed by atoms with van der Waals surface area (Å²) in [5.74, 6) is -1.04. The van der Waals surface area contributed by atoms with E-state index in [-0.39, 0.29) is 44.0 Å². The number of carbonyl (C=O) groups excluding carboxylic acids is 3. The average Bonchev–Trinajstić information content (AvgIpc) is 3.28. The maximum atomic E-state index is 12.8. The molecule has 1 atom stereocenters. The number of esters is 3. The minimum absolute atomic E-state index is 0.116. The van der Waals surface area contributed by atoms with Crippen LogP contribution in [0, 0.1) is 0 Å². The Balaban J connectivity index is 4.54. The second-order valence-electron chi connectivity index (χ2n) is 16.0. The van der Waals surface area contributed by atoms with Gasteiger partial charge in [-0.2, -0.15) is 0 Å². The number of hydrogen-bond donors (Lipinski definition) is 0. The van der Waals surface area contributed by atoms with E-state index in [1.807, 2.05) is 12.2 Å². The average molecular weight is 871 g/mol. The number of allylic oxidation sites excluding steroid dienone is 20. The maximum absolute atomic E-state index is 12.8. The van der Waals surface area contributed by atoms with Crippen LogP contribution in [-0.2, 0) is 28.6 Å². The van der Waals surface area contributed by atoms with Gasteiger partial charge in [0.15, 0.2) is 6.10 Å². The number of unbranched alkanes of at least 4 members (excludes halogenated alkanes) is 12. The summed E-state index contributed by atoms with van der Waals surface area (Å²) in [7, 11) is 0. The second-order valence-corrected chi connectivity index (χ2v) is 16.0. The van der Waals surface area contributed by atoms with Gasteiger partial charge in [-0.15, -0.1) is 0 Å². The Morgan fingerprint density at radius 2 is 0.651 bits per heavy atom. The van der Waals surface area contributed by atoms with E-state index in [0.29, 0.717) is 12.8 Å². The van der Waals surface area contributed by atoms with Crippen LogP contribution < -0.4 is 0 Å². The van der Waals surface area contributed by atoms with E-state index in [1.165, 1.54) is 25.7 Å². The van der Waals surface area contributed by atoms with Crippen LogP contribution in [0.4, 0.5) is 0 Å². The molecular weight excluding hydrogens is 781 g/mol. The first-order valence-corrected chi connectivity index (χ1v) is 25.0. The SMILES string of the molecule is CC/C=C\C/C=C\C/C=C\C/C=C\C/C=C\C/C=C\CCC(=O)OC[C@H](COC(=O)CCCCCCC/C=C\CCCC)OC(=O)CCCCCCC/C=C\C/C=C\C/C=C\CC. The van der Waals surface area contributed by atoms with E-state index in [0.717, 1.165) is 128 Å². The molecule has 354 valence electrons. The molecular formula is C57H90O6. The standard InChI is InChI=1S/C57H90O6/c1-4-7-10-13-16-19-22-24-26-27-28-29-31-32-35-38-41-44-47-50-56(59)62-53-54(52-61-55(58)49-46-43-40-37-34-21-18-15-12-9-6-3)63-57(60)51-48-45-42-39-36-33-30-25-23-20-17-14-11-8-5-2/h7-8,10-11,15-20,24-26,28-30,32,35,41,44,54H,4-6,9,12-14,21-23,27,31,33-34,36-40,42-43,45-53H2,1-3H3/b10-7-,11-8-,18-15-,19-16-,20-17-,26-24-,29-28-,30-25-,35-32-,44-41-/t54-/m0/s1. The third-order valence-corrected chi connectivity index (χ3v) is 9.94. The lowest BCUT2D eigenvalue weighted by atomic mass is 10.1. The monoisotopic (exact) mass is 871 g/mol. The summed E-state index contributed by atoms with van der Waals surface area (Å²) in [6.07, 6.45) is 69.1. The minimum atomic E-state index is -0.823. The van der Waals surface area contributed by atoms with Gasteiger partial charge in [0.25, 0.3) is 0 Å². The zero-order chi connectivity index (χ0) is 45.8. The number of rotatable bonds is 43. The second kappa shape index (κ2) is 50.5. The van der Waals surface area contributed by atoms with Gasteiger partial charge in [0.1, 0.15) is 13.2 Å². The van der Waals surface area contributed by atoms with Crippen LogP contribution in [0.1, 0.15) is 201 Å². The van der Waals surface area contributed by atoms with Gasteiger partial charge >= 0.3 is 17.9 Å². The third kappa shape index (κ3) is 48.7. The fourth-order valence-corrected chi connectivity index (χ4v) is 6.23. The molecule has 0 heterocycles. The fraction of sp³-hybridized carbons (Fsp3) is 0.596. The first-order valence-electron chi connectivity index (χ1n) is 25.0. The lowest BCUT2D eigenvalue weighted by Gasteiger charge is -2.18. The molecule has 0 aliphatic heterocycles. The molecule has 0 aromatic carbocycles. The van der Waals surface area contributed by atoms with Gasteiger partial charge in [0.05, 0.1) is 0 Å². The molecule has 0 rings (SSSR count). The molecule has 0 aromatic rings. The van der Waals surface area contributed by atoms with Crippen LogP contribution in [0.15, 0.2) is 122 Å². The van der Waals surface area contributed by atoms with Gasteiger partial charge in [-0.3, -0.25) is 14.4 Å². The smallest absolute Gasteiger partial charge is 0.306 e. The molecule has 6 heteroatoms. The van der Waals surface area contributed by atoms with Crippen LogP contribution >= 0.6 is 0 Å². The van der Waals surface area contributed by atoms with Crippen molar-refractivity contribution in [1.82, 2.24) is 0 Å². The van der Waals surface area contributed by atoms with Crippen LogP contribution in [0.3, 0.4) is 0 Å². The van der Waals surface area contributed by atoms with Crippen molar-refractivity contribution >= 4 is 17.9 Å². The van der Waals surface area contributed by atoms with E-state index < -0.39 is 6.10 Å². The first kappa shape index (κ1) is 58.8. The summed E-state index contributed by atoms with van der Waals surface area (Å²) in [5, 5.41) is 0. The largest absolute Gasteiger partial charge is 0.462 e. The van der Waals surface area contributed by atoms with Gasteiger partial charge in [0.2, 0.25) is 0 Å². The quantitative estimate of drug-likeness (QED) is 0.0263. The lowest BCUT2D eigenvalue weighted by Crippen LogP contribution is -2.30. The summed E-state index contributed by atoms with van der Waals surface area (Å²) in [5.41, 5.74) is 0. The third-order valence-electron chi connectivity index (χ3n) is 9.94. The number of hydrogen-bond acceptors (Lipinski definition) is 6. The van der Waals surface area contributed by atoms with Crippen LogP contribution in [0.25, 0.3) is 0 Å². The summed E-state index contributed by atoms with van der Waals surface area (Å²) in [6.45, 7) is 6.26. The molecule has 0 aromatic heterocycles. The van der Waals surface area contributed by atoms with Gasteiger partial charge in [0, 0.05) is 19.3 Å². The van der Waals surface area contributed by atoms with Gasteiger partial charge in [-0.05, 0) is 109 Å². The maximum Gasteiger partial charge on any atom is 0.306 e. The zero-order valence-corrected chi connectivity index (χ0v) is 40.3. The molecule has 0 saturated heterocycles. The topological polar surface area (TPSA) is 78.9 Å². The minimum Gasteiger partial charge on any atom is -0.462 e. The van der Waals surface area contributed by atoms with Crippen LogP contribution in [-0.4, -0.2) is 37.2 Å². The van der Waals surface area contributed by atoms with E-state index in [1.54, 1.807) is 0 Å². The normalized spacial score (nSPS) is 13.1. The molecule has 0 saturated carbocycles. The van der Waals surface area contributed by atoms with Crippen molar-refractivity contribution in [3.63, 3.8) is 0 Å². The zero-order valence-electron chi connectivity index (χ0n) is 40.3. The summed E-state index contributed by atoms with van der Waals surface area (Å²) >= 11 is 0. The first-order chi connectivity index (χ1) is 31.0. The Hall–Kier alpha value is -4.19. The van der Waals surface area contributed by atoms with Crippen molar-refractivity contribution in [2.75, 3.05) is 13.2 Å². The molecule has 0 bridgehead atoms. The van der Waals surface area contributed by atoms with Crippen LogP contribution in [0.5, 0.6) is 0 Å². The molecule has 0 unspecified atom stereocenters. The highest BCUT2D eigenvalue weighted by Gasteiger charge is 2.19. The van der Waals surface area contributed by atoms with Crippen molar-refractivity contribution < 1.29 is 28.6 Å². The van der Waals surface area contributed by atoms with Gasteiger partial charge in [-0.25, -0.2) is 0 Å². The fourth-order valence-electron chi connectivity index (χ4n) is 6.23. The molecule has 0 fully saturated rings. The highest BCUT2D eigenvalue weighted by Crippen LogP contribution is 2.12.